The predicted molar refractivity (Wildman–Crippen MR) is 97.3 cm³/mol. The Bertz CT molecular complexity index is 740. The van der Waals surface area contributed by atoms with Crippen LogP contribution in [-0.2, 0) is 0 Å². The zero-order chi connectivity index (χ0) is 18.2. The fourth-order valence-corrected chi connectivity index (χ4v) is 2.59. The van der Waals surface area contributed by atoms with Crippen molar-refractivity contribution < 1.29 is 14.0 Å². The molecular formula is C20H23FN2O2. The quantitative estimate of drug-likeness (QED) is 0.814. The first-order valence-electron chi connectivity index (χ1n) is 8.52. The number of hydrogen-bond donors (Lipinski definition) is 1. The summed E-state index contributed by atoms with van der Waals surface area (Å²) in [6, 6.07) is 12.5. The fraction of sp³-hybridized carbons (Fsp3) is 0.300. The molecule has 132 valence electrons. The lowest BCUT2D eigenvalue weighted by atomic mass is 10.1. The zero-order valence-corrected chi connectivity index (χ0v) is 14.6. The molecule has 0 radical (unpaired) electrons. The van der Waals surface area contributed by atoms with Crippen LogP contribution in [0.25, 0.3) is 0 Å². The maximum absolute atomic E-state index is 13.7. The lowest BCUT2D eigenvalue weighted by molar-refractivity contribution is 0.0755. The number of nitrogens with one attached hydrogen (secondary N) is 1. The Kier molecular flexibility index (Phi) is 6.69. The number of anilines is 1. The van der Waals surface area contributed by atoms with Gasteiger partial charge >= 0.3 is 0 Å². The molecule has 25 heavy (non-hydrogen) atoms. The molecule has 2 aromatic carbocycles. The van der Waals surface area contributed by atoms with E-state index in [4.69, 9.17) is 0 Å². The second kappa shape index (κ2) is 8.97. The molecule has 4 nitrogen and oxygen atoms in total. The van der Waals surface area contributed by atoms with E-state index in [2.05, 4.69) is 5.32 Å². The van der Waals surface area contributed by atoms with Gasteiger partial charge in [0.25, 0.3) is 11.8 Å². The lowest BCUT2D eigenvalue weighted by Crippen LogP contribution is -2.32. The maximum atomic E-state index is 13.7. The van der Waals surface area contributed by atoms with E-state index in [1.807, 2.05) is 13.8 Å². The first kappa shape index (κ1) is 18.6. The van der Waals surface area contributed by atoms with E-state index in [9.17, 15) is 14.0 Å². The molecule has 0 spiro atoms. The largest absolute Gasteiger partial charge is 0.339 e. The molecule has 0 atom stereocenters. The average Bonchev–Trinajstić information content (AvgIpc) is 2.63. The number of carbonyl (C=O) groups excluding carboxylic acids is 2. The van der Waals surface area contributed by atoms with Gasteiger partial charge in [0, 0.05) is 24.2 Å². The van der Waals surface area contributed by atoms with Gasteiger partial charge in [0.1, 0.15) is 5.82 Å². The van der Waals surface area contributed by atoms with Crippen LogP contribution >= 0.6 is 0 Å². The summed E-state index contributed by atoms with van der Waals surface area (Å²) in [7, 11) is 0. The highest BCUT2D eigenvalue weighted by Gasteiger charge is 2.16. The van der Waals surface area contributed by atoms with Gasteiger partial charge in [-0.2, -0.15) is 0 Å². The molecule has 5 heteroatoms. The molecule has 2 rings (SSSR count). The van der Waals surface area contributed by atoms with Crippen molar-refractivity contribution in [2.75, 3.05) is 18.4 Å². The van der Waals surface area contributed by atoms with E-state index in [-0.39, 0.29) is 11.6 Å². The first-order valence-corrected chi connectivity index (χ1v) is 8.52. The highest BCUT2D eigenvalue weighted by molar-refractivity contribution is 6.06. The number of nitrogens with zero attached hydrogens (tertiary/aromatic N) is 1. The van der Waals surface area contributed by atoms with Crippen LogP contribution in [0.1, 0.15) is 47.4 Å². The van der Waals surface area contributed by atoms with Crippen molar-refractivity contribution >= 4 is 17.5 Å². The van der Waals surface area contributed by atoms with Crippen molar-refractivity contribution in [1.82, 2.24) is 4.90 Å². The van der Waals surface area contributed by atoms with E-state index < -0.39 is 11.7 Å². The van der Waals surface area contributed by atoms with Gasteiger partial charge < -0.3 is 10.2 Å². The van der Waals surface area contributed by atoms with Gasteiger partial charge in [-0.3, -0.25) is 9.59 Å². The Morgan fingerprint density at radius 1 is 0.960 bits per heavy atom. The highest BCUT2D eigenvalue weighted by atomic mass is 19.1. The standard InChI is InChI=1S/C20H23FN2O2/c1-3-12-23(13-4-2)20(25)16-9-7-8-15(14-16)19(24)22-18-11-6-5-10-17(18)21/h5-11,14H,3-4,12-13H2,1-2H3,(H,22,24). The topological polar surface area (TPSA) is 49.4 Å². The summed E-state index contributed by atoms with van der Waals surface area (Å²) in [5.41, 5.74) is 0.896. The van der Waals surface area contributed by atoms with Crippen molar-refractivity contribution in [2.24, 2.45) is 0 Å². The molecule has 0 fully saturated rings. The van der Waals surface area contributed by atoms with Crippen LogP contribution in [0, 0.1) is 5.82 Å². The third-order valence-electron chi connectivity index (χ3n) is 3.77. The van der Waals surface area contributed by atoms with Gasteiger partial charge in [-0.05, 0) is 43.2 Å². The van der Waals surface area contributed by atoms with Crippen molar-refractivity contribution in [3.8, 4) is 0 Å². The van der Waals surface area contributed by atoms with Crippen LogP contribution in [0.15, 0.2) is 48.5 Å². The van der Waals surface area contributed by atoms with Gasteiger partial charge in [0.2, 0.25) is 0 Å². The Labute approximate surface area is 147 Å². The molecule has 0 bridgehead atoms. The molecule has 0 aliphatic rings. The number of carbonyl (C=O) groups is 2. The van der Waals surface area contributed by atoms with E-state index in [0.717, 1.165) is 12.8 Å². The van der Waals surface area contributed by atoms with Gasteiger partial charge in [-0.25, -0.2) is 4.39 Å². The van der Waals surface area contributed by atoms with Crippen LogP contribution in [-0.4, -0.2) is 29.8 Å². The minimum Gasteiger partial charge on any atom is -0.339 e. The molecule has 0 unspecified atom stereocenters. The third kappa shape index (κ3) is 4.89. The number of amides is 2. The van der Waals surface area contributed by atoms with Crippen LogP contribution in [0.2, 0.25) is 0 Å². The Balaban J connectivity index is 2.18. The molecule has 2 aromatic rings. The molecule has 0 saturated heterocycles. The number of halogens is 1. The van der Waals surface area contributed by atoms with Gasteiger partial charge in [0.15, 0.2) is 0 Å². The number of para-hydroxylation sites is 1. The van der Waals surface area contributed by atoms with Crippen molar-refractivity contribution in [1.29, 1.82) is 0 Å². The van der Waals surface area contributed by atoms with Crippen molar-refractivity contribution in [3.63, 3.8) is 0 Å². The van der Waals surface area contributed by atoms with Crippen LogP contribution in [0.5, 0.6) is 0 Å². The van der Waals surface area contributed by atoms with Gasteiger partial charge in [-0.15, -0.1) is 0 Å². The highest BCUT2D eigenvalue weighted by Crippen LogP contribution is 2.15. The van der Waals surface area contributed by atoms with E-state index >= 15 is 0 Å². The Hall–Kier alpha value is -2.69. The molecular weight excluding hydrogens is 319 g/mol. The first-order chi connectivity index (χ1) is 12.1. The SMILES string of the molecule is CCCN(CCC)C(=O)c1cccc(C(=O)Nc2ccccc2F)c1. The zero-order valence-electron chi connectivity index (χ0n) is 14.6. The fourth-order valence-electron chi connectivity index (χ4n) is 2.59. The summed E-state index contributed by atoms with van der Waals surface area (Å²) < 4.78 is 13.7. The van der Waals surface area contributed by atoms with Crippen molar-refractivity contribution in [3.05, 3.63) is 65.5 Å². The molecule has 0 aliphatic carbocycles. The van der Waals surface area contributed by atoms with Crippen molar-refractivity contribution in [2.45, 2.75) is 26.7 Å². The van der Waals surface area contributed by atoms with E-state index in [0.29, 0.717) is 24.2 Å². The number of rotatable bonds is 7. The summed E-state index contributed by atoms with van der Waals surface area (Å²) in [4.78, 5) is 26.8. The molecule has 0 aromatic heterocycles. The Morgan fingerprint density at radius 2 is 1.60 bits per heavy atom. The molecule has 1 N–H and O–H groups in total. The number of hydrogen-bond acceptors (Lipinski definition) is 2. The van der Waals surface area contributed by atoms with Gasteiger partial charge in [0.05, 0.1) is 5.69 Å². The summed E-state index contributed by atoms with van der Waals surface area (Å²) in [6.45, 7) is 5.40. The summed E-state index contributed by atoms with van der Waals surface area (Å²) in [6.07, 6.45) is 1.75. The number of benzene rings is 2. The predicted octanol–water partition coefficient (Wildman–Crippen LogP) is 4.34. The summed E-state index contributed by atoms with van der Waals surface area (Å²) >= 11 is 0. The second-order valence-corrected chi connectivity index (χ2v) is 5.81. The monoisotopic (exact) mass is 342 g/mol. The molecule has 2 amide bonds. The van der Waals surface area contributed by atoms with Crippen LogP contribution < -0.4 is 5.32 Å². The average molecular weight is 342 g/mol. The second-order valence-electron chi connectivity index (χ2n) is 5.81. The molecule has 0 heterocycles. The van der Waals surface area contributed by atoms with Gasteiger partial charge in [-0.1, -0.05) is 32.0 Å². The maximum Gasteiger partial charge on any atom is 0.255 e. The Morgan fingerprint density at radius 3 is 2.24 bits per heavy atom. The molecule has 0 aliphatic heterocycles. The smallest absolute Gasteiger partial charge is 0.255 e. The van der Waals surface area contributed by atoms with E-state index in [1.54, 1.807) is 41.3 Å². The third-order valence-corrected chi connectivity index (χ3v) is 3.77. The minimum absolute atomic E-state index is 0.0933. The minimum atomic E-state index is -0.500. The van der Waals surface area contributed by atoms with Crippen LogP contribution in [0.4, 0.5) is 10.1 Å². The summed E-state index contributed by atoms with van der Waals surface area (Å²) in [5, 5.41) is 2.53. The van der Waals surface area contributed by atoms with E-state index in [1.165, 1.54) is 12.1 Å². The lowest BCUT2D eigenvalue weighted by Gasteiger charge is -2.21. The molecule has 0 saturated carbocycles. The van der Waals surface area contributed by atoms with Crippen LogP contribution in [0.3, 0.4) is 0 Å². The summed E-state index contributed by atoms with van der Waals surface area (Å²) in [5.74, 6) is -1.04. The normalized spacial score (nSPS) is 10.4.